The molecule has 0 unspecified atom stereocenters. The van der Waals surface area contributed by atoms with Crippen LogP contribution in [-0.2, 0) is 6.54 Å². The fourth-order valence-electron chi connectivity index (χ4n) is 1.45. The summed E-state index contributed by atoms with van der Waals surface area (Å²) in [6.45, 7) is 7.12. The van der Waals surface area contributed by atoms with Crippen molar-refractivity contribution in [3.05, 3.63) is 34.3 Å². The van der Waals surface area contributed by atoms with Gasteiger partial charge < -0.3 is 5.32 Å². The predicted molar refractivity (Wildman–Crippen MR) is 72.4 cm³/mol. The summed E-state index contributed by atoms with van der Waals surface area (Å²) in [5, 5.41) is 4.30. The molecule has 0 aromatic heterocycles. The van der Waals surface area contributed by atoms with E-state index in [1.54, 1.807) is 0 Å². The third kappa shape index (κ3) is 4.32. The molecule has 16 heavy (non-hydrogen) atoms. The Morgan fingerprint density at radius 1 is 1.31 bits per heavy atom. The van der Waals surface area contributed by atoms with Crippen LogP contribution in [0.15, 0.2) is 18.2 Å². The largest absolute Gasteiger partial charge is 0.308 e. The minimum Gasteiger partial charge on any atom is -0.308 e. The van der Waals surface area contributed by atoms with Gasteiger partial charge in [0.25, 0.3) is 0 Å². The Bertz CT molecular complexity index is 348. The van der Waals surface area contributed by atoms with Gasteiger partial charge in [-0.25, -0.2) is 0 Å². The maximum atomic E-state index is 6.17. The Morgan fingerprint density at radius 3 is 2.56 bits per heavy atom. The molecule has 0 saturated heterocycles. The lowest BCUT2D eigenvalue weighted by Crippen LogP contribution is -2.39. The maximum absolute atomic E-state index is 6.17. The van der Waals surface area contributed by atoms with Gasteiger partial charge in [-0.2, -0.15) is 0 Å². The number of hydrogen-bond donors (Lipinski definition) is 1. The Morgan fingerprint density at radius 2 is 2.00 bits per heavy atom. The van der Waals surface area contributed by atoms with Crippen molar-refractivity contribution in [3.63, 3.8) is 0 Å². The molecule has 0 fully saturated rings. The molecule has 0 aliphatic rings. The Labute approximate surface area is 108 Å². The molecule has 1 nitrogen and oxygen atoms in total. The van der Waals surface area contributed by atoms with Gasteiger partial charge in [0, 0.05) is 23.0 Å². The summed E-state index contributed by atoms with van der Waals surface area (Å²) in [6.07, 6.45) is 0.942. The normalized spacial score (nSPS) is 11.8. The van der Waals surface area contributed by atoms with Crippen molar-refractivity contribution in [2.75, 3.05) is 5.88 Å². The number of hydrogen-bond acceptors (Lipinski definition) is 1. The van der Waals surface area contributed by atoms with E-state index in [1.807, 2.05) is 13.0 Å². The molecule has 0 aliphatic carbocycles. The molecule has 0 radical (unpaired) electrons. The van der Waals surface area contributed by atoms with Gasteiger partial charge in [-0.1, -0.05) is 23.7 Å². The van der Waals surface area contributed by atoms with Crippen LogP contribution in [0.1, 0.15) is 31.4 Å². The molecule has 90 valence electrons. The summed E-state index contributed by atoms with van der Waals surface area (Å²) < 4.78 is 0. The summed E-state index contributed by atoms with van der Waals surface area (Å²) >= 11 is 11.9. The molecule has 0 atom stereocenters. The van der Waals surface area contributed by atoms with Crippen molar-refractivity contribution in [1.82, 2.24) is 5.32 Å². The first-order valence-corrected chi connectivity index (χ1v) is 6.42. The molecule has 0 amide bonds. The van der Waals surface area contributed by atoms with Crippen LogP contribution in [0, 0.1) is 6.92 Å². The van der Waals surface area contributed by atoms with E-state index in [2.05, 4.69) is 31.3 Å². The zero-order valence-electron chi connectivity index (χ0n) is 10.1. The minimum absolute atomic E-state index is 0.0516. The molecule has 0 saturated carbocycles. The number of nitrogens with one attached hydrogen (secondary N) is 1. The first-order chi connectivity index (χ1) is 7.44. The summed E-state index contributed by atoms with van der Waals surface area (Å²) in [6, 6.07) is 6.14. The Hall–Kier alpha value is -0.240. The average Bonchev–Trinajstić information content (AvgIpc) is 2.16. The minimum atomic E-state index is 0.0516. The fraction of sp³-hybridized carbons (Fsp3) is 0.538. The smallest absolute Gasteiger partial charge is 0.0453 e. The lowest BCUT2D eigenvalue weighted by Gasteiger charge is -2.25. The van der Waals surface area contributed by atoms with E-state index in [1.165, 1.54) is 5.56 Å². The van der Waals surface area contributed by atoms with Crippen molar-refractivity contribution >= 4 is 23.2 Å². The molecular formula is C13H19Cl2N. The van der Waals surface area contributed by atoms with Crippen LogP contribution in [-0.4, -0.2) is 11.4 Å². The SMILES string of the molecule is Cc1ccc(CNC(C)(C)CCCl)c(Cl)c1. The summed E-state index contributed by atoms with van der Waals surface area (Å²) in [5.74, 6) is 0.668. The second-order valence-electron chi connectivity index (χ2n) is 4.77. The van der Waals surface area contributed by atoms with Crippen LogP contribution in [0.25, 0.3) is 0 Å². The fourth-order valence-corrected chi connectivity index (χ4v) is 2.23. The van der Waals surface area contributed by atoms with Crippen LogP contribution in [0.5, 0.6) is 0 Å². The van der Waals surface area contributed by atoms with Crippen molar-refractivity contribution < 1.29 is 0 Å². The second-order valence-corrected chi connectivity index (χ2v) is 5.56. The van der Waals surface area contributed by atoms with E-state index in [0.717, 1.165) is 23.6 Å². The van der Waals surface area contributed by atoms with Crippen LogP contribution >= 0.6 is 23.2 Å². The van der Waals surface area contributed by atoms with Crippen molar-refractivity contribution in [2.24, 2.45) is 0 Å². The van der Waals surface area contributed by atoms with Gasteiger partial charge in [0.2, 0.25) is 0 Å². The topological polar surface area (TPSA) is 12.0 Å². The monoisotopic (exact) mass is 259 g/mol. The molecule has 3 heteroatoms. The average molecular weight is 260 g/mol. The first kappa shape index (κ1) is 13.8. The zero-order chi connectivity index (χ0) is 12.2. The van der Waals surface area contributed by atoms with E-state index < -0.39 is 0 Å². The third-order valence-corrected chi connectivity index (χ3v) is 3.23. The highest BCUT2D eigenvalue weighted by Gasteiger charge is 2.16. The lowest BCUT2D eigenvalue weighted by molar-refractivity contribution is 0.376. The summed E-state index contributed by atoms with van der Waals surface area (Å²) in [7, 11) is 0. The van der Waals surface area contributed by atoms with E-state index >= 15 is 0 Å². The van der Waals surface area contributed by atoms with Crippen molar-refractivity contribution in [2.45, 2.75) is 39.3 Å². The molecule has 0 bridgehead atoms. The maximum Gasteiger partial charge on any atom is 0.0453 e. The van der Waals surface area contributed by atoms with Gasteiger partial charge in [0.05, 0.1) is 0 Å². The highest BCUT2D eigenvalue weighted by atomic mass is 35.5. The first-order valence-electron chi connectivity index (χ1n) is 5.50. The molecule has 0 aliphatic heterocycles. The van der Waals surface area contributed by atoms with Gasteiger partial charge in [-0.15, -0.1) is 11.6 Å². The zero-order valence-corrected chi connectivity index (χ0v) is 11.6. The van der Waals surface area contributed by atoms with Gasteiger partial charge in [-0.3, -0.25) is 0 Å². The number of benzene rings is 1. The van der Waals surface area contributed by atoms with Crippen LogP contribution in [0.2, 0.25) is 5.02 Å². The number of alkyl halides is 1. The van der Waals surface area contributed by atoms with Gasteiger partial charge >= 0.3 is 0 Å². The van der Waals surface area contributed by atoms with Gasteiger partial charge in [-0.05, 0) is 44.4 Å². The standard InChI is InChI=1S/C13H19Cl2N/c1-10-4-5-11(12(15)8-10)9-16-13(2,3)6-7-14/h4-5,8,16H,6-7,9H2,1-3H3. The van der Waals surface area contributed by atoms with Crippen LogP contribution in [0.3, 0.4) is 0 Å². The van der Waals surface area contributed by atoms with E-state index in [4.69, 9.17) is 23.2 Å². The molecule has 1 N–H and O–H groups in total. The van der Waals surface area contributed by atoms with E-state index in [9.17, 15) is 0 Å². The highest BCUT2D eigenvalue weighted by molar-refractivity contribution is 6.31. The number of aryl methyl sites for hydroxylation is 1. The number of rotatable bonds is 5. The van der Waals surface area contributed by atoms with Gasteiger partial charge in [0.15, 0.2) is 0 Å². The predicted octanol–water partition coefficient (Wildman–Crippen LogP) is 4.15. The van der Waals surface area contributed by atoms with E-state index in [0.29, 0.717) is 5.88 Å². The third-order valence-electron chi connectivity index (χ3n) is 2.69. The van der Waals surface area contributed by atoms with Gasteiger partial charge in [0.1, 0.15) is 0 Å². The quantitative estimate of drug-likeness (QED) is 0.784. The molecule has 0 heterocycles. The second kappa shape index (κ2) is 5.90. The van der Waals surface area contributed by atoms with Crippen LogP contribution in [0.4, 0.5) is 0 Å². The Kier molecular flexibility index (Phi) is 5.10. The summed E-state index contributed by atoms with van der Waals surface area (Å²) in [5.41, 5.74) is 2.37. The Balaban J connectivity index is 2.61. The summed E-state index contributed by atoms with van der Waals surface area (Å²) in [4.78, 5) is 0. The van der Waals surface area contributed by atoms with Crippen molar-refractivity contribution in [1.29, 1.82) is 0 Å². The van der Waals surface area contributed by atoms with Crippen molar-refractivity contribution in [3.8, 4) is 0 Å². The molecule has 0 spiro atoms. The molecular weight excluding hydrogens is 241 g/mol. The molecule has 1 rings (SSSR count). The number of halogens is 2. The highest BCUT2D eigenvalue weighted by Crippen LogP contribution is 2.19. The lowest BCUT2D eigenvalue weighted by atomic mass is 10.0. The molecule has 1 aromatic rings. The van der Waals surface area contributed by atoms with Crippen LogP contribution < -0.4 is 5.32 Å². The van der Waals surface area contributed by atoms with E-state index in [-0.39, 0.29) is 5.54 Å². The molecule has 1 aromatic carbocycles.